The standard InChI is InChI=1S/C35H51N11O6/c1-20(2)16-28(43-35(51)45-44-33(50)29(40-21(3)4)17-22-10-6-5-7-11-22)32(49)41-26(14-15-52-46-34(37)38)31(48)42-27(30(36)47)18-23-19-39-25-13-9-8-12-24(23)25/h5-13,19-21,26-29,39-40H,14-18H2,1-4H3,(H2,36,47)(H,41,49)(H,42,48)(H,44,50)(H4,37,38,46)(H2,43,45,51)/t26-,27-,28-,29-/m0/s1. The molecule has 4 atom stereocenters. The molecule has 13 N–H and O–H groups in total. The third-order valence-electron chi connectivity index (χ3n) is 7.82. The SMILES string of the molecule is CC(C)C[C@H](NC(=O)NNC(=O)[C@H](Cc1ccccc1)NC(C)C)C(=O)N[C@@H](CCON=C(N)N)C(=O)N[C@@H](Cc1c[nH]c2ccccc12)C(N)=O. The number of aromatic nitrogens is 1. The molecule has 0 saturated carbocycles. The van der Waals surface area contributed by atoms with Gasteiger partial charge in [-0.2, -0.15) is 0 Å². The van der Waals surface area contributed by atoms with Crippen molar-refractivity contribution in [3.63, 3.8) is 0 Å². The molecule has 6 amide bonds. The van der Waals surface area contributed by atoms with E-state index >= 15 is 0 Å². The normalized spacial score (nSPS) is 13.3. The summed E-state index contributed by atoms with van der Waals surface area (Å²) in [6.07, 6.45) is 2.26. The maximum Gasteiger partial charge on any atom is 0.334 e. The van der Waals surface area contributed by atoms with Crippen molar-refractivity contribution < 1.29 is 28.8 Å². The number of rotatable bonds is 19. The van der Waals surface area contributed by atoms with Crippen LogP contribution in [0, 0.1) is 5.92 Å². The first-order chi connectivity index (χ1) is 24.7. The van der Waals surface area contributed by atoms with Gasteiger partial charge in [-0.15, -0.1) is 0 Å². The average molecular weight is 722 g/mol. The fourth-order valence-electron chi connectivity index (χ4n) is 5.43. The number of nitrogens with zero attached hydrogens (tertiary/aromatic N) is 1. The molecule has 0 aliphatic carbocycles. The van der Waals surface area contributed by atoms with E-state index in [1.807, 2.05) is 82.3 Å². The number of benzene rings is 2. The van der Waals surface area contributed by atoms with Gasteiger partial charge in [0.1, 0.15) is 24.7 Å². The second kappa shape index (κ2) is 20.1. The summed E-state index contributed by atoms with van der Waals surface area (Å²) in [6, 6.07) is 11.9. The topological polar surface area (TPSA) is 273 Å². The van der Waals surface area contributed by atoms with Crippen LogP contribution in [0.15, 0.2) is 65.9 Å². The zero-order chi connectivity index (χ0) is 38.2. The lowest BCUT2D eigenvalue weighted by molar-refractivity contribution is -0.132. The smallest absolute Gasteiger partial charge is 0.334 e. The van der Waals surface area contributed by atoms with Gasteiger partial charge in [0.15, 0.2) is 0 Å². The van der Waals surface area contributed by atoms with Gasteiger partial charge in [-0.3, -0.25) is 24.6 Å². The number of H-pyrrole nitrogens is 1. The van der Waals surface area contributed by atoms with Crippen LogP contribution in [-0.2, 0) is 36.9 Å². The Bertz CT molecular complexity index is 1670. The van der Waals surface area contributed by atoms with E-state index in [1.54, 1.807) is 6.20 Å². The first kappa shape index (κ1) is 40.6. The highest BCUT2D eigenvalue weighted by atomic mass is 16.6. The summed E-state index contributed by atoms with van der Waals surface area (Å²) in [5.41, 5.74) is 23.6. The predicted octanol–water partition coefficient (Wildman–Crippen LogP) is 0.115. The molecule has 0 saturated heterocycles. The van der Waals surface area contributed by atoms with Crippen LogP contribution in [0.5, 0.6) is 0 Å². The molecule has 3 rings (SSSR count). The van der Waals surface area contributed by atoms with Crippen LogP contribution in [-0.4, -0.2) is 77.4 Å². The van der Waals surface area contributed by atoms with Crippen molar-refractivity contribution >= 4 is 46.5 Å². The Morgan fingerprint density at radius 3 is 2.06 bits per heavy atom. The van der Waals surface area contributed by atoms with Crippen LogP contribution in [0.1, 0.15) is 51.7 Å². The largest absolute Gasteiger partial charge is 0.393 e. The summed E-state index contributed by atoms with van der Waals surface area (Å²) in [4.78, 5) is 73.9. The van der Waals surface area contributed by atoms with E-state index in [2.05, 4.69) is 42.3 Å². The summed E-state index contributed by atoms with van der Waals surface area (Å²) in [5, 5.41) is 15.3. The number of hydrogen-bond donors (Lipinski definition) is 10. The molecule has 0 fully saturated rings. The number of aromatic amines is 1. The zero-order valence-electron chi connectivity index (χ0n) is 29.9. The number of hydrogen-bond acceptors (Lipinski definition) is 8. The van der Waals surface area contributed by atoms with Crippen molar-refractivity contribution in [2.24, 2.45) is 28.3 Å². The summed E-state index contributed by atoms with van der Waals surface area (Å²) in [7, 11) is 0. The maximum absolute atomic E-state index is 13.6. The number of guanidine groups is 1. The zero-order valence-corrected chi connectivity index (χ0v) is 29.9. The molecule has 52 heavy (non-hydrogen) atoms. The molecule has 0 aliphatic heterocycles. The van der Waals surface area contributed by atoms with E-state index in [0.29, 0.717) is 6.42 Å². The molecule has 0 radical (unpaired) electrons. The number of urea groups is 1. The van der Waals surface area contributed by atoms with Crippen LogP contribution in [0.4, 0.5) is 4.79 Å². The third kappa shape index (κ3) is 13.5. The minimum Gasteiger partial charge on any atom is -0.393 e. The molecule has 17 heteroatoms. The maximum atomic E-state index is 13.6. The van der Waals surface area contributed by atoms with Crippen LogP contribution in [0.3, 0.4) is 0 Å². The highest BCUT2D eigenvalue weighted by Gasteiger charge is 2.30. The first-order valence-corrected chi connectivity index (χ1v) is 17.1. The highest BCUT2D eigenvalue weighted by Crippen LogP contribution is 2.19. The lowest BCUT2D eigenvalue weighted by Crippen LogP contribution is -2.59. The van der Waals surface area contributed by atoms with Gasteiger partial charge >= 0.3 is 6.03 Å². The number of hydrazine groups is 1. The van der Waals surface area contributed by atoms with E-state index in [9.17, 15) is 24.0 Å². The number of oxime groups is 1. The van der Waals surface area contributed by atoms with Gasteiger partial charge in [0.2, 0.25) is 23.7 Å². The van der Waals surface area contributed by atoms with Crippen molar-refractivity contribution in [2.75, 3.05) is 6.61 Å². The Morgan fingerprint density at radius 2 is 1.40 bits per heavy atom. The number of nitrogens with one attached hydrogen (secondary N) is 7. The minimum atomic E-state index is -1.26. The predicted molar refractivity (Wildman–Crippen MR) is 197 cm³/mol. The molecule has 282 valence electrons. The van der Waals surface area contributed by atoms with Gasteiger partial charge in [0.25, 0.3) is 5.91 Å². The summed E-state index contributed by atoms with van der Waals surface area (Å²) < 4.78 is 0. The van der Waals surface area contributed by atoms with Crippen molar-refractivity contribution in [2.45, 2.75) is 83.6 Å². The molecule has 1 aromatic heterocycles. The average Bonchev–Trinajstić information content (AvgIpc) is 3.50. The fourth-order valence-corrected chi connectivity index (χ4v) is 5.43. The lowest BCUT2D eigenvalue weighted by atomic mass is 10.0. The van der Waals surface area contributed by atoms with Crippen molar-refractivity contribution in [1.82, 2.24) is 37.1 Å². The van der Waals surface area contributed by atoms with Gasteiger partial charge in [0.05, 0.1) is 6.04 Å². The number of carbonyl (C=O) groups is 5. The molecule has 17 nitrogen and oxygen atoms in total. The Balaban J connectivity index is 1.70. The van der Waals surface area contributed by atoms with Gasteiger partial charge < -0.3 is 48.3 Å². The lowest BCUT2D eigenvalue weighted by Gasteiger charge is -2.26. The third-order valence-corrected chi connectivity index (χ3v) is 7.82. The molecule has 1 heterocycles. The van der Waals surface area contributed by atoms with Gasteiger partial charge in [-0.05, 0) is 41.1 Å². The van der Waals surface area contributed by atoms with E-state index < -0.39 is 53.8 Å². The Labute approximate surface area is 302 Å². The molecular formula is C35H51N11O6. The van der Waals surface area contributed by atoms with E-state index in [4.69, 9.17) is 22.0 Å². The van der Waals surface area contributed by atoms with Crippen LogP contribution < -0.4 is 49.3 Å². The van der Waals surface area contributed by atoms with Crippen LogP contribution in [0.2, 0.25) is 0 Å². The number of fused-ring (bicyclic) bond motifs is 1. The summed E-state index contributed by atoms with van der Waals surface area (Å²) in [5.74, 6) is -3.10. The first-order valence-electron chi connectivity index (χ1n) is 17.1. The molecule has 0 bridgehead atoms. The second-order valence-electron chi connectivity index (χ2n) is 13.1. The van der Waals surface area contributed by atoms with Crippen molar-refractivity contribution in [3.05, 3.63) is 71.9 Å². The highest BCUT2D eigenvalue weighted by molar-refractivity contribution is 5.94. The molecule has 0 aliphatic rings. The van der Waals surface area contributed by atoms with Gasteiger partial charge in [0, 0.05) is 36.0 Å². The molecular weight excluding hydrogens is 670 g/mol. The van der Waals surface area contributed by atoms with Crippen molar-refractivity contribution in [1.29, 1.82) is 0 Å². The quantitative estimate of drug-likeness (QED) is 0.0348. The molecule has 0 unspecified atom stereocenters. The van der Waals surface area contributed by atoms with Gasteiger partial charge in [-0.25, -0.2) is 10.2 Å². The fraction of sp³-hybridized carbons (Fsp3) is 0.429. The Hall–Kier alpha value is -5.84. The number of nitrogens with two attached hydrogens (primary N) is 3. The van der Waals surface area contributed by atoms with E-state index in [1.165, 1.54) is 0 Å². The second-order valence-corrected chi connectivity index (χ2v) is 13.1. The number of para-hydroxylation sites is 1. The van der Waals surface area contributed by atoms with Crippen LogP contribution in [0.25, 0.3) is 10.9 Å². The van der Waals surface area contributed by atoms with Gasteiger partial charge in [-0.1, -0.05) is 76.2 Å². The summed E-state index contributed by atoms with van der Waals surface area (Å²) >= 11 is 0. The van der Waals surface area contributed by atoms with E-state index in [0.717, 1.165) is 22.0 Å². The molecule has 3 aromatic rings. The molecule has 2 aromatic carbocycles. The number of carbonyl (C=O) groups excluding carboxylic acids is 5. The summed E-state index contributed by atoms with van der Waals surface area (Å²) in [6.45, 7) is 7.31. The molecule has 0 spiro atoms. The number of amides is 6. The Morgan fingerprint density at radius 1 is 0.750 bits per heavy atom. The number of primary amides is 1. The van der Waals surface area contributed by atoms with Crippen LogP contribution >= 0.6 is 0 Å². The minimum absolute atomic E-state index is 0.0193. The van der Waals surface area contributed by atoms with Crippen molar-refractivity contribution in [3.8, 4) is 0 Å². The monoisotopic (exact) mass is 721 g/mol. The van der Waals surface area contributed by atoms with E-state index in [-0.39, 0.29) is 43.8 Å². The Kier molecular flexibility index (Phi) is 15.7.